The van der Waals surface area contributed by atoms with Crippen molar-refractivity contribution in [2.24, 2.45) is 0 Å². The number of phenols is 1. The van der Waals surface area contributed by atoms with Gasteiger partial charge in [0, 0.05) is 17.7 Å². The third-order valence-corrected chi connectivity index (χ3v) is 3.75. The van der Waals surface area contributed by atoms with Gasteiger partial charge in [-0.1, -0.05) is 18.2 Å². The van der Waals surface area contributed by atoms with E-state index in [2.05, 4.69) is 10.6 Å². The number of anilines is 1. The van der Waals surface area contributed by atoms with Crippen LogP contribution in [0.4, 0.5) is 5.69 Å². The standard InChI is InChI=1S/C18H17ClN2O5/c19-10-16(23)20-13-3-1-2-12(9-13)17(24)21-15(18(25)26)8-11-4-6-14(22)7-5-11/h1-7,9,15,22H,8,10H2,(H,20,23)(H,21,24)(H,25,26)/t15-/m0/s1. The highest BCUT2D eigenvalue weighted by atomic mass is 35.5. The molecule has 2 amide bonds. The number of hydrogen-bond acceptors (Lipinski definition) is 4. The molecule has 2 aromatic rings. The van der Waals surface area contributed by atoms with E-state index >= 15 is 0 Å². The van der Waals surface area contributed by atoms with Crippen LogP contribution in [0.3, 0.4) is 0 Å². The van der Waals surface area contributed by atoms with E-state index in [1.165, 1.54) is 24.3 Å². The van der Waals surface area contributed by atoms with Crippen molar-refractivity contribution in [3.05, 3.63) is 59.7 Å². The minimum absolute atomic E-state index is 0.0596. The third kappa shape index (κ3) is 5.49. The molecule has 0 fully saturated rings. The normalized spacial score (nSPS) is 11.4. The fraction of sp³-hybridized carbons (Fsp3) is 0.167. The van der Waals surface area contributed by atoms with E-state index in [1.807, 2.05) is 0 Å². The Morgan fingerprint density at radius 2 is 1.77 bits per heavy atom. The molecule has 26 heavy (non-hydrogen) atoms. The second-order valence-electron chi connectivity index (χ2n) is 5.50. The number of aliphatic carboxylic acids is 1. The van der Waals surface area contributed by atoms with Crippen molar-refractivity contribution in [2.75, 3.05) is 11.2 Å². The van der Waals surface area contributed by atoms with Gasteiger partial charge in [0.25, 0.3) is 5.91 Å². The first kappa shape index (κ1) is 19.3. The molecule has 4 N–H and O–H groups in total. The lowest BCUT2D eigenvalue weighted by Crippen LogP contribution is -2.42. The minimum Gasteiger partial charge on any atom is -0.508 e. The van der Waals surface area contributed by atoms with Crippen LogP contribution in [0.1, 0.15) is 15.9 Å². The zero-order valence-electron chi connectivity index (χ0n) is 13.6. The molecule has 2 rings (SSSR count). The number of aromatic hydroxyl groups is 1. The number of benzene rings is 2. The summed E-state index contributed by atoms with van der Waals surface area (Å²) in [5, 5.41) is 23.6. The minimum atomic E-state index is -1.18. The number of amides is 2. The smallest absolute Gasteiger partial charge is 0.326 e. The predicted octanol–water partition coefficient (Wildman–Crippen LogP) is 2.00. The lowest BCUT2D eigenvalue weighted by molar-refractivity contribution is -0.139. The van der Waals surface area contributed by atoms with Crippen molar-refractivity contribution in [1.29, 1.82) is 0 Å². The second kappa shape index (κ2) is 8.87. The molecule has 0 spiro atoms. The summed E-state index contributed by atoms with van der Waals surface area (Å²) in [4.78, 5) is 35.1. The maximum atomic E-state index is 12.4. The largest absolute Gasteiger partial charge is 0.508 e. The first-order chi connectivity index (χ1) is 12.4. The number of hydrogen-bond donors (Lipinski definition) is 4. The Bertz CT molecular complexity index is 807. The van der Waals surface area contributed by atoms with Crippen molar-refractivity contribution in [3.8, 4) is 5.75 Å². The van der Waals surface area contributed by atoms with Crippen molar-refractivity contribution < 1.29 is 24.6 Å². The number of halogens is 1. The molecule has 0 unspecified atom stereocenters. The molecule has 0 aliphatic heterocycles. The zero-order chi connectivity index (χ0) is 19.1. The van der Waals surface area contributed by atoms with Gasteiger partial charge < -0.3 is 20.8 Å². The number of carbonyl (C=O) groups is 3. The molecular weight excluding hydrogens is 360 g/mol. The summed E-state index contributed by atoms with van der Waals surface area (Å²) in [6, 6.07) is 11.0. The number of carboxylic acids is 1. The highest BCUT2D eigenvalue weighted by Gasteiger charge is 2.21. The molecule has 0 radical (unpaired) electrons. The average molecular weight is 377 g/mol. The summed E-state index contributed by atoms with van der Waals surface area (Å²) >= 11 is 5.42. The molecule has 0 heterocycles. The maximum absolute atomic E-state index is 12.4. The van der Waals surface area contributed by atoms with Crippen molar-refractivity contribution in [1.82, 2.24) is 5.32 Å². The molecule has 2 aromatic carbocycles. The Kier molecular flexibility index (Phi) is 6.57. The van der Waals surface area contributed by atoms with Crippen LogP contribution >= 0.6 is 11.6 Å². The lowest BCUT2D eigenvalue weighted by Gasteiger charge is -2.15. The molecule has 136 valence electrons. The fourth-order valence-electron chi connectivity index (χ4n) is 2.24. The lowest BCUT2D eigenvalue weighted by atomic mass is 10.1. The van der Waals surface area contributed by atoms with Crippen LogP contribution in [0, 0.1) is 0 Å². The van der Waals surface area contributed by atoms with Gasteiger partial charge >= 0.3 is 5.97 Å². The van der Waals surface area contributed by atoms with Crippen molar-refractivity contribution in [3.63, 3.8) is 0 Å². The van der Waals surface area contributed by atoms with Crippen LogP contribution in [-0.4, -0.2) is 39.9 Å². The van der Waals surface area contributed by atoms with Gasteiger partial charge in [0.15, 0.2) is 0 Å². The van der Waals surface area contributed by atoms with Crippen LogP contribution in [0.15, 0.2) is 48.5 Å². The average Bonchev–Trinajstić information content (AvgIpc) is 2.62. The van der Waals surface area contributed by atoms with E-state index in [1.54, 1.807) is 24.3 Å². The monoisotopic (exact) mass is 376 g/mol. The van der Waals surface area contributed by atoms with Gasteiger partial charge in [0.05, 0.1) is 0 Å². The number of carboxylic acid groups (broad SMARTS) is 1. The summed E-state index contributed by atoms with van der Waals surface area (Å²) in [6.07, 6.45) is 0.0596. The summed E-state index contributed by atoms with van der Waals surface area (Å²) in [6.45, 7) is 0. The molecule has 0 bridgehead atoms. The highest BCUT2D eigenvalue weighted by Crippen LogP contribution is 2.13. The molecule has 1 atom stereocenters. The molecule has 0 aliphatic carbocycles. The van der Waals surface area contributed by atoms with Gasteiger partial charge in [-0.25, -0.2) is 4.79 Å². The van der Waals surface area contributed by atoms with Crippen molar-refractivity contribution >= 4 is 35.1 Å². The van der Waals surface area contributed by atoms with E-state index in [4.69, 9.17) is 11.6 Å². The van der Waals surface area contributed by atoms with Crippen LogP contribution in [0.2, 0.25) is 0 Å². The number of nitrogens with one attached hydrogen (secondary N) is 2. The van der Waals surface area contributed by atoms with Gasteiger partial charge in [0.1, 0.15) is 17.7 Å². The Morgan fingerprint density at radius 3 is 2.38 bits per heavy atom. The summed E-state index contributed by atoms with van der Waals surface area (Å²) in [5.74, 6) is -2.33. The first-order valence-corrected chi connectivity index (χ1v) is 8.20. The predicted molar refractivity (Wildman–Crippen MR) is 96.5 cm³/mol. The van der Waals surface area contributed by atoms with Gasteiger partial charge in [-0.15, -0.1) is 11.6 Å². The topological polar surface area (TPSA) is 116 Å². The van der Waals surface area contributed by atoms with Crippen LogP contribution in [-0.2, 0) is 16.0 Å². The van der Waals surface area contributed by atoms with Gasteiger partial charge in [-0.05, 0) is 35.9 Å². The second-order valence-corrected chi connectivity index (χ2v) is 5.76. The quantitative estimate of drug-likeness (QED) is 0.551. The molecule has 0 saturated carbocycles. The highest BCUT2D eigenvalue weighted by molar-refractivity contribution is 6.29. The zero-order valence-corrected chi connectivity index (χ0v) is 14.4. The third-order valence-electron chi connectivity index (χ3n) is 3.51. The Hall–Kier alpha value is -3.06. The summed E-state index contributed by atoms with van der Waals surface area (Å²) in [7, 11) is 0. The molecular formula is C18H17ClN2O5. The van der Waals surface area contributed by atoms with E-state index in [0.29, 0.717) is 11.3 Å². The molecule has 7 nitrogen and oxygen atoms in total. The fourth-order valence-corrected chi connectivity index (χ4v) is 2.31. The number of alkyl halides is 1. The summed E-state index contributed by atoms with van der Waals surface area (Å²) < 4.78 is 0. The maximum Gasteiger partial charge on any atom is 0.326 e. The van der Waals surface area contributed by atoms with E-state index in [-0.39, 0.29) is 23.6 Å². The Balaban J connectivity index is 2.09. The van der Waals surface area contributed by atoms with Gasteiger partial charge in [0.2, 0.25) is 5.91 Å². The molecule has 0 saturated heterocycles. The van der Waals surface area contributed by atoms with Gasteiger partial charge in [-0.2, -0.15) is 0 Å². The molecule has 0 aliphatic rings. The van der Waals surface area contributed by atoms with Gasteiger partial charge in [-0.3, -0.25) is 9.59 Å². The van der Waals surface area contributed by atoms with E-state index in [9.17, 15) is 24.6 Å². The van der Waals surface area contributed by atoms with Crippen LogP contribution in [0.5, 0.6) is 5.75 Å². The Labute approximate surface area is 154 Å². The van der Waals surface area contributed by atoms with Crippen LogP contribution < -0.4 is 10.6 Å². The van der Waals surface area contributed by atoms with E-state index in [0.717, 1.165) is 0 Å². The SMILES string of the molecule is O=C(CCl)Nc1cccc(C(=O)N[C@@H](Cc2ccc(O)cc2)C(=O)O)c1. The first-order valence-electron chi connectivity index (χ1n) is 7.66. The molecule has 0 aromatic heterocycles. The van der Waals surface area contributed by atoms with E-state index < -0.39 is 23.8 Å². The Morgan fingerprint density at radius 1 is 1.08 bits per heavy atom. The van der Waals surface area contributed by atoms with Crippen molar-refractivity contribution in [2.45, 2.75) is 12.5 Å². The number of rotatable bonds is 7. The number of phenolic OH excluding ortho intramolecular Hbond substituents is 1. The van der Waals surface area contributed by atoms with Crippen LogP contribution in [0.25, 0.3) is 0 Å². The molecule has 8 heteroatoms. The summed E-state index contributed by atoms with van der Waals surface area (Å²) in [5.41, 5.74) is 1.24. The number of carbonyl (C=O) groups excluding carboxylic acids is 2.